The predicted molar refractivity (Wildman–Crippen MR) is 67.0 cm³/mol. The van der Waals surface area contributed by atoms with Crippen molar-refractivity contribution in [2.45, 2.75) is 18.8 Å². The standard InChI is InChI=1S/C12H11Cl2NO2/c13-6-3-7-9(11(16)17)12(1-2-12)5-15-10(7)8(14)4-6/h3-4,9,15H,1-2,5H2,(H,16,17). The first-order valence-electron chi connectivity index (χ1n) is 5.49. The normalized spacial score (nSPS) is 24.0. The maximum atomic E-state index is 11.5. The van der Waals surface area contributed by atoms with Crippen LogP contribution in [0.15, 0.2) is 12.1 Å². The molecule has 0 bridgehead atoms. The molecule has 1 fully saturated rings. The zero-order valence-corrected chi connectivity index (χ0v) is 10.5. The van der Waals surface area contributed by atoms with Crippen LogP contribution in [0.25, 0.3) is 0 Å². The molecule has 0 aromatic heterocycles. The van der Waals surface area contributed by atoms with Gasteiger partial charge in [0.05, 0.1) is 16.6 Å². The number of carboxylic acids is 1. The quantitative estimate of drug-likeness (QED) is 0.824. The van der Waals surface area contributed by atoms with E-state index in [0.717, 1.165) is 24.1 Å². The monoisotopic (exact) mass is 271 g/mol. The molecule has 17 heavy (non-hydrogen) atoms. The number of rotatable bonds is 1. The third-order valence-electron chi connectivity index (χ3n) is 3.77. The van der Waals surface area contributed by atoms with Gasteiger partial charge in [-0.3, -0.25) is 4.79 Å². The Morgan fingerprint density at radius 3 is 2.71 bits per heavy atom. The Morgan fingerprint density at radius 1 is 1.41 bits per heavy atom. The van der Waals surface area contributed by atoms with Crippen molar-refractivity contribution in [2.24, 2.45) is 5.41 Å². The van der Waals surface area contributed by atoms with E-state index in [0.29, 0.717) is 16.6 Å². The first-order chi connectivity index (χ1) is 8.03. The molecule has 1 aliphatic heterocycles. The van der Waals surface area contributed by atoms with E-state index in [1.165, 1.54) is 0 Å². The molecule has 1 spiro atoms. The van der Waals surface area contributed by atoms with Gasteiger partial charge in [0.15, 0.2) is 0 Å². The van der Waals surface area contributed by atoms with Crippen molar-refractivity contribution in [2.75, 3.05) is 11.9 Å². The highest BCUT2D eigenvalue weighted by molar-refractivity contribution is 6.36. The van der Waals surface area contributed by atoms with Gasteiger partial charge in [-0.2, -0.15) is 0 Å². The van der Waals surface area contributed by atoms with Gasteiger partial charge < -0.3 is 10.4 Å². The molecule has 0 amide bonds. The van der Waals surface area contributed by atoms with Gasteiger partial charge >= 0.3 is 5.97 Å². The minimum absolute atomic E-state index is 0.132. The molecule has 1 atom stereocenters. The number of nitrogens with one attached hydrogen (secondary N) is 1. The topological polar surface area (TPSA) is 49.3 Å². The maximum absolute atomic E-state index is 11.5. The Morgan fingerprint density at radius 2 is 2.12 bits per heavy atom. The van der Waals surface area contributed by atoms with E-state index >= 15 is 0 Å². The first-order valence-corrected chi connectivity index (χ1v) is 6.25. The molecular formula is C12H11Cl2NO2. The lowest BCUT2D eigenvalue weighted by molar-refractivity contribution is -0.140. The van der Waals surface area contributed by atoms with E-state index < -0.39 is 11.9 Å². The van der Waals surface area contributed by atoms with Crippen LogP contribution in [0.1, 0.15) is 24.3 Å². The molecule has 1 aliphatic carbocycles. The number of benzene rings is 1. The average Bonchev–Trinajstić information content (AvgIpc) is 2.96. The van der Waals surface area contributed by atoms with Crippen LogP contribution in [0, 0.1) is 5.41 Å². The van der Waals surface area contributed by atoms with Gasteiger partial charge in [-0.15, -0.1) is 0 Å². The van der Waals surface area contributed by atoms with Crippen molar-refractivity contribution >= 4 is 34.9 Å². The van der Waals surface area contributed by atoms with Crippen molar-refractivity contribution in [3.8, 4) is 0 Å². The lowest BCUT2D eigenvalue weighted by Crippen LogP contribution is -2.34. The van der Waals surface area contributed by atoms with E-state index in [9.17, 15) is 9.90 Å². The smallest absolute Gasteiger partial charge is 0.311 e. The third-order valence-corrected chi connectivity index (χ3v) is 4.28. The number of anilines is 1. The summed E-state index contributed by atoms with van der Waals surface area (Å²) in [6.45, 7) is 0.679. The van der Waals surface area contributed by atoms with Crippen molar-refractivity contribution < 1.29 is 9.90 Å². The van der Waals surface area contributed by atoms with E-state index in [4.69, 9.17) is 23.2 Å². The van der Waals surface area contributed by atoms with Crippen LogP contribution in [0.3, 0.4) is 0 Å². The number of aliphatic carboxylic acids is 1. The van der Waals surface area contributed by atoms with Gasteiger partial charge in [0.2, 0.25) is 0 Å². The molecule has 2 aliphatic rings. The van der Waals surface area contributed by atoms with E-state index in [1.54, 1.807) is 12.1 Å². The van der Waals surface area contributed by atoms with Crippen molar-refractivity contribution in [1.82, 2.24) is 0 Å². The van der Waals surface area contributed by atoms with Gasteiger partial charge in [0.25, 0.3) is 0 Å². The molecule has 90 valence electrons. The summed E-state index contributed by atoms with van der Waals surface area (Å²) in [4.78, 5) is 11.5. The predicted octanol–water partition coefficient (Wildman–Crippen LogP) is 3.37. The second-order valence-electron chi connectivity index (χ2n) is 4.84. The van der Waals surface area contributed by atoms with Gasteiger partial charge in [-0.05, 0) is 30.5 Å². The van der Waals surface area contributed by atoms with Crippen LogP contribution < -0.4 is 5.32 Å². The van der Waals surface area contributed by atoms with Crippen molar-refractivity contribution in [1.29, 1.82) is 0 Å². The molecule has 1 heterocycles. The number of carboxylic acid groups (broad SMARTS) is 1. The highest BCUT2D eigenvalue weighted by Gasteiger charge is 2.55. The molecule has 0 radical (unpaired) electrons. The van der Waals surface area contributed by atoms with E-state index in [1.807, 2.05) is 0 Å². The molecule has 1 aromatic rings. The second-order valence-corrected chi connectivity index (χ2v) is 5.68. The van der Waals surface area contributed by atoms with Gasteiger partial charge in [-0.1, -0.05) is 23.2 Å². The van der Waals surface area contributed by atoms with Crippen LogP contribution >= 0.6 is 23.2 Å². The Hall–Kier alpha value is -0.930. The van der Waals surface area contributed by atoms with Gasteiger partial charge in [0, 0.05) is 17.0 Å². The third kappa shape index (κ3) is 1.60. The Labute approximate surface area is 109 Å². The largest absolute Gasteiger partial charge is 0.481 e. The second kappa shape index (κ2) is 3.53. The highest BCUT2D eigenvalue weighted by Crippen LogP contribution is 2.60. The van der Waals surface area contributed by atoms with Crippen LogP contribution in [0.5, 0.6) is 0 Å². The number of hydrogen-bond acceptors (Lipinski definition) is 2. The maximum Gasteiger partial charge on any atom is 0.311 e. The summed E-state index contributed by atoms with van der Waals surface area (Å²) in [5.74, 6) is -1.28. The summed E-state index contributed by atoms with van der Waals surface area (Å²) in [5.41, 5.74) is 1.31. The van der Waals surface area contributed by atoms with Crippen LogP contribution in [0.4, 0.5) is 5.69 Å². The summed E-state index contributed by atoms with van der Waals surface area (Å²) in [7, 11) is 0. The van der Waals surface area contributed by atoms with Crippen LogP contribution in [-0.4, -0.2) is 17.6 Å². The van der Waals surface area contributed by atoms with Crippen molar-refractivity contribution in [3.63, 3.8) is 0 Å². The Balaban J connectivity index is 2.18. The Kier molecular flexibility index (Phi) is 2.32. The zero-order valence-electron chi connectivity index (χ0n) is 8.96. The van der Waals surface area contributed by atoms with E-state index in [-0.39, 0.29) is 5.41 Å². The fourth-order valence-corrected chi connectivity index (χ4v) is 3.30. The van der Waals surface area contributed by atoms with Crippen LogP contribution in [0.2, 0.25) is 10.0 Å². The Bertz CT molecular complexity index is 511. The molecule has 1 aromatic carbocycles. The fraction of sp³-hybridized carbons (Fsp3) is 0.417. The summed E-state index contributed by atoms with van der Waals surface area (Å²) in [6, 6.07) is 3.35. The molecule has 5 heteroatoms. The van der Waals surface area contributed by atoms with Crippen LogP contribution in [-0.2, 0) is 4.79 Å². The lowest BCUT2D eigenvalue weighted by atomic mass is 9.79. The van der Waals surface area contributed by atoms with Crippen molar-refractivity contribution in [3.05, 3.63) is 27.7 Å². The minimum Gasteiger partial charge on any atom is -0.481 e. The summed E-state index contributed by atoms with van der Waals surface area (Å²) in [5, 5.41) is 13.7. The highest BCUT2D eigenvalue weighted by atomic mass is 35.5. The summed E-state index contributed by atoms with van der Waals surface area (Å²) in [6.07, 6.45) is 1.89. The number of halogens is 2. The molecule has 3 nitrogen and oxygen atoms in total. The molecule has 1 saturated carbocycles. The molecule has 0 saturated heterocycles. The summed E-state index contributed by atoms with van der Waals surface area (Å²) >= 11 is 12.1. The lowest BCUT2D eigenvalue weighted by Gasteiger charge is -2.32. The zero-order chi connectivity index (χ0) is 12.2. The van der Waals surface area contributed by atoms with Gasteiger partial charge in [0.1, 0.15) is 0 Å². The minimum atomic E-state index is -0.788. The van der Waals surface area contributed by atoms with Gasteiger partial charge in [-0.25, -0.2) is 0 Å². The van der Waals surface area contributed by atoms with E-state index in [2.05, 4.69) is 5.32 Å². The molecule has 2 N–H and O–H groups in total. The summed E-state index contributed by atoms with van der Waals surface area (Å²) < 4.78 is 0. The SMILES string of the molecule is O=C(O)C1c2cc(Cl)cc(Cl)c2NCC12CC2. The molecular weight excluding hydrogens is 261 g/mol. The molecule has 1 unspecified atom stereocenters. The number of fused-ring (bicyclic) bond motifs is 1. The fourth-order valence-electron chi connectivity index (χ4n) is 2.72. The molecule has 3 rings (SSSR count). The number of carbonyl (C=O) groups is 1. The average molecular weight is 272 g/mol. The number of hydrogen-bond donors (Lipinski definition) is 2. The first kappa shape index (κ1) is 11.2.